The highest BCUT2D eigenvalue weighted by molar-refractivity contribution is 6.11. The van der Waals surface area contributed by atoms with Crippen molar-refractivity contribution >= 4 is 55.7 Å². The van der Waals surface area contributed by atoms with E-state index in [-0.39, 0.29) is 0 Å². The van der Waals surface area contributed by atoms with Crippen LogP contribution in [-0.4, -0.2) is 0 Å². The lowest BCUT2D eigenvalue weighted by Gasteiger charge is -2.34. The molecular formula is C57H38N2. The van der Waals surface area contributed by atoms with E-state index in [1.807, 2.05) is 0 Å². The van der Waals surface area contributed by atoms with Gasteiger partial charge in [0.05, 0.1) is 16.8 Å². The largest absolute Gasteiger partial charge is 0.310 e. The SMILES string of the molecule is c1ccc(N(c2ccccc2)c2cccc3c2-c2ccccc2C32c3ccccc3-c3c(N(c4ccccc4)c4ccc5ccccc5c4)cc4ccccc4c32)cc1. The van der Waals surface area contributed by atoms with Crippen LogP contribution in [-0.2, 0) is 5.41 Å². The maximum atomic E-state index is 2.48. The molecule has 0 aromatic heterocycles. The van der Waals surface area contributed by atoms with Crippen LogP contribution < -0.4 is 9.80 Å². The summed E-state index contributed by atoms with van der Waals surface area (Å²) in [7, 11) is 0. The molecule has 2 aliphatic carbocycles. The van der Waals surface area contributed by atoms with Gasteiger partial charge in [-0.3, -0.25) is 0 Å². The van der Waals surface area contributed by atoms with E-state index >= 15 is 0 Å². The minimum Gasteiger partial charge on any atom is -0.310 e. The molecule has 10 aromatic carbocycles. The van der Waals surface area contributed by atoms with Gasteiger partial charge in [-0.1, -0.05) is 170 Å². The molecule has 0 fully saturated rings. The zero-order chi connectivity index (χ0) is 38.9. The Bertz CT molecular complexity index is 3190. The van der Waals surface area contributed by atoms with Crippen molar-refractivity contribution in [3.8, 4) is 22.3 Å². The molecule has 59 heavy (non-hydrogen) atoms. The molecule has 12 rings (SSSR count). The van der Waals surface area contributed by atoms with Crippen LogP contribution in [0.3, 0.4) is 0 Å². The highest BCUT2D eigenvalue weighted by atomic mass is 15.2. The molecule has 2 heteroatoms. The van der Waals surface area contributed by atoms with Gasteiger partial charge in [0.15, 0.2) is 0 Å². The van der Waals surface area contributed by atoms with E-state index in [2.05, 4.69) is 240 Å². The number of fused-ring (bicyclic) bond motifs is 13. The van der Waals surface area contributed by atoms with Crippen LogP contribution in [0.25, 0.3) is 43.8 Å². The van der Waals surface area contributed by atoms with Gasteiger partial charge in [0, 0.05) is 33.9 Å². The first kappa shape index (κ1) is 33.5. The Morgan fingerprint density at radius 3 is 1.42 bits per heavy atom. The van der Waals surface area contributed by atoms with Crippen LogP contribution in [0.4, 0.5) is 34.1 Å². The minimum atomic E-state index is -0.589. The van der Waals surface area contributed by atoms with Gasteiger partial charge >= 0.3 is 0 Å². The predicted octanol–water partition coefficient (Wildman–Crippen LogP) is 15.3. The number of rotatable bonds is 6. The molecule has 0 saturated carbocycles. The van der Waals surface area contributed by atoms with Crippen molar-refractivity contribution in [3.05, 3.63) is 253 Å². The predicted molar refractivity (Wildman–Crippen MR) is 247 cm³/mol. The number of para-hydroxylation sites is 3. The van der Waals surface area contributed by atoms with Crippen LogP contribution in [0.5, 0.6) is 0 Å². The fourth-order valence-corrected chi connectivity index (χ4v) is 10.3. The van der Waals surface area contributed by atoms with E-state index < -0.39 is 5.41 Å². The first-order chi connectivity index (χ1) is 29.3. The number of nitrogens with zero attached hydrogens (tertiary/aromatic N) is 2. The van der Waals surface area contributed by atoms with Crippen molar-refractivity contribution < 1.29 is 0 Å². The molecule has 0 heterocycles. The molecular weight excluding hydrogens is 713 g/mol. The lowest BCUT2D eigenvalue weighted by Crippen LogP contribution is -2.26. The van der Waals surface area contributed by atoms with Crippen molar-refractivity contribution in [1.82, 2.24) is 0 Å². The van der Waals surface area contributed by atoms with Crippen LogP contribution >= 0.6 is 0 Å². The summed E-state index contributed by atoms with van der Waals surface area (Å²) < 4.78 is 0. The molecule has 0 radical (unpaired) electrons. The summed E-state index contributed by atoms with van der Waals surface area (Å²) in [4.78, 5) is 4.92. The Morgan fingerprint density at radius 1 is 0.288 bits per heavy atom. The van der Waals surface area contributed by atoms with Gasteiger partial charge in [0.25, 0.3) is 0 Å². The summed E-state index contributed by atoms with van der Waals surface area (Å²) >= 11 is 0. The Balaban J connectivity index is 1.22. The van der Waals surface area contributed by atoms with Crippen LogP contribution in [0.2, 0.25) is 0 Å². The van der Waals surface area contributed by atoms with E-state index in [4.69, 9.17) is 0 Å². The quantitative estimate of drug-likeness (QED) is 0.167. The third kappa shape index (κ3) is 4.87. The van der Waals surface area contributed by atoms with Gasteiger partial charge in [-0.05, 0) is 116 Å². The fraction of sp³-hybridized carbons (Fsp3) is 0.0175. The summed E-state index contributed by atoms with van der Waals surface area (Å²) in [6.45, 7) is 0. The topological polar surface area (TPSA) is 6.48 Å². The van der Waals surface area contributed by atoms with Gasteiger partial charge in [-0.2, -0.15) is 0 Å². The second kappa shape index (κ2) is 13.2. The average Bonchev–Trinajstić information content (AvgIpc) is 3.79. The maximum absolute atomic E-state index is 2.48. The molecule has 1 atom stereocenters. The van der Waals surface area contributed by atoms with Gasteiger partial charge in [-0.15, -0.1) is 0 Å². The molecule has 0 amide bonds. The Labute approximate surface area is 344 Å². The highest BCUT2D eigenvalue weighted by Gasteiger charge is 2.54. The van der Waals surface area contributed by atoms with E-state index in [1.54, 1.807) is 0 Å². The molecule has 0 aliphatic heterocycles. The molecule has 1 unspecified atom stereocenters. The van der Waals surface area contributed by atoms with Crippen LogP contribution in [0.15, 0.2) is 231 Å². The first-order valence-corrected chi connectivity index (χ1v) is 20.4. The zero-order valence-electron chi connectivity index (χ0n) is 32.3. The van der Waals surface area contributed by atoms with Crippen molar-refractivity contribution in [2.24, 2.45) is 0 Å². The van der Waals surface area contributed by atoms with E-state index in [0.29, 0.717) is 0 Å². The summed E-state index contributed by atoms with van der Waals surface area (Å²) in [6, 6.07) is 84.8. The molecule has 0 bridgehead atoms. The van der Waals surface area contributed by atoms with E-state index in [9.17, 15) is 0 Å². The Morgan fingerprint density at radius 2 is 0.780 bits per heavy atom. The summed E-state index contributed by atoms with van der Waals surface area (Å²) in [5.41, 5.74) is 16.6. The second-order valence-corrected chi connectivity index (χ2v) is 15.6. The molecule has 0 saturated heterocycles. The molecule has 1 spiro atoms. The van der Waals surface area contributed by atoms with Crippen LogP contribution in [0, 0.1) is 0 Å². The lowest BCUT2D eigenvalue weighted by atomic mass is 9.69. The summed E-state index contributed by atoms with van der Waals surface area (Å²) in [5, 5.41) is 4.93. The summed E-state index contributed by atoms with van der Waals surface area (Å²) in [6.07, 6.45) is 0. The number of anilines is 6. The third-order valence-electron chi connectivity index (χ3n) is 12.6. The van der Waals surface area contributed by atoms with Gasteiger partial charge < -0.3 is 9.80 Å². The molecule has 2 aliphatic rings. The standard InChI is InChI=1S/C57H38N2/c1-4-22-42(23-5-1)58(43-24-6-2-7-25-43)52-34-18-33-51-54(52)47-29-14-16-31-49(47)57(51)50-32-17-15-30-48(50)55-53(38-41-21-12-13-28-46(41)56(55)57)59(44-26-8-3-9-27-44)45-36-35-39-19-10-11-20-40(39)37-45/h1-38H. The van der Waals surface area contributed by atoms with Crippen molar-refractivity contribution in [1.29, 1.82) is 0 Å². The lowest BCUT2D eigenvalue weighted by molar-refractivity contribution is 0.801. The third-order valence-corrected chi connectivity index (χ3v) is 12.6. The number of hydrogen-bond donors (Lipinski definition) is 0. The zero-order valence-corrected chi connectivity index (χ0v) is 32.3. The Hall–Kier alpha value is -7.68. The van der Waals surface area contributed by atoms with E-state index in [1.165, 1.54) is 71.7 Å². The summed E-state index contributed by atoms with van der Waals surface area (Å²) in [5.74, 6) is 0. The monoisotopic (exact) mass is 750 g/mol. The molecule has 276 valence electrons. The molecule has 10 aromatic rings. The van der Waals surface area contributed by atoms with Crippen LogP contribution in [0.1, 0.15) is 22.3 Å². The number of hydrogen-bond acceptors (Lipinski definition) is 2. The fourth-order valence-electron chi connectivity index (χ4n) is 10.3. The maximum Gasteiger partial charge on any atom is 0.0733 e. The van der Waals surface area contributed by atoms with Crippen molar-refractivity contribution in [3.63, 3.8) is 0 Å². The highest BCUT2D eigenvalue weighted by Crippen LogP contribution is 2.67. The average molecular weight is 751 g/mol. The van der Waals surface area contributed by atoms with Crippen molar-refractivity contribution in [2.75, 3.05) is 9.80 Å². The van der Waals surface area contributed by atoms with Gasteiger partial charge in [0.1, 0.15) is 0 Å². The Kier molecular flexibility index (Phi) is 7.48. The van der Waals surface area contributed by atoms with Gasteiger partial charge in [-0.25, -0.2) is 0 Å². The van der Waals surface area contributed by atoms with Gasteiger partial charge in [0.2, 0.25) is 0 Å². The molecule has 0 N–H and O–H groups in total. The van der Waals surface area contributed by atoms with Crippen molar-refractivity contribution in [2.45, 2.75) is 5.41 Å². The molecule has 2 nitrogen and oxygen atoms in total. The smallest absolute Gasteiger partial charge is 0.0733 e. The second-order valence-electron chi connectivity index (χ2n) is 15.6. The normalized spacial score (nSPS) is 14.5. The van der Waals surface area contributed by atoms with E-state index in [0.717, 1.165) is 28.4 Å². The number of benzene rings is 10. The minimum absolute atomic E-state index is 0.589. The first-order valence-electron chi connectivity index (χ1n) is 20.4.